The Balaban J connectivity index is 2.14. The normalized spacial score (nSPS) is 26.2. The van der Waals surface area contributed by atoms with Crippen molar-refractivity contribution in [3.8, 4) is 0 Å². The van der Waals surface area contributed by atoms with E-state index in [1.165, 1.54) is 6.92 Å². The first-order valence-electron chi connectivity index (χ1n) is 12.5. The van der Waals surface area contributed by atoms with Crippen molar-refractivity contribution in [2.24, 2.45) is 0 Å². The van der Waals surface area contributed by atoms with Crippen LogP contribution in [0.15, 0.2) is 0 Å². The van der Waals surface area contributed by atoms with Crippen LogP contribution in [0.1, 0.15) is 58.8 Å². The summed E-state index contributed by atoms with van der Waals surface area (Å²) in [6.07, 6.45) is -0.581. The fraction of sp³-hybridized carbons (Fsp3) is 0.909. The molecular weight excluding hydrogens is 515 g/mol. The lowest BCUT2D eigenvalue weighted by atomic mass is 9.97. The van der Waals surface area contributed by atoms with E-state index in [0.29, 0.717) is 26.0 Å². The van der Waals surface area contributed by atoms with E-state index < -0.39 is 63.2 Å². The van der Waals surface area contributed by atoms with Gasteiger partial charge in [0.1, 0.15) is 37.1 Å². The number of unbranched alkanes of at least 4 members (excludes halogenated alkanes) is 5. The van der Waals surface area contributed by atoms with Gasteiger partial charge in [-0.2, -0.15) is 0 Å². The molecule has 1 rings (SSSR count). The second kappa shape index (κ2) is 18.0. The summed E-state index contributed by atoms with van der Waals surface area (Å²) in [5.74, 6) is -0.405. The molecule has 15 heteroatoms. The molecule has 0 radical (unpaired) electrons. The first-order valence-corrected chi connectivity index (χ1v) is 14.0. The Morgan fingerprint density at radius 3 is 2.32 bits per heavy atom. The minimum Gasteiger partial charge on any atom is -0.447 e. The van der Waals surface area contributed by atoms with Gasteiger partial charge in [-0.1, -0.05) is 32.6 Å². The zero-order chi connectivity index (χ0) is 27.8. The lowest BCUT2D eigenvalue weighted by Crippen LogP contribution is -2.64. The molecule has 14 nitrogen and oxygen atoms in total. The van der Waals surface area contributed by atoms with Crippen LogP contribution in [-0.4, -0.2) is 102 Å². The number of phosphoric acid groups is 1. The third-order valence-electron chi connectivity index (χ3n) is 5.74. The number of hydrogen-bond donors (Lipinski definition) is 6. The van der Waals surface area contributed by atoms with Crippen LogP contribution >= 0.6 is 7.82 Å². The van der Waals surface area contributed by atoms with Gasteiger partial charge in [0.15, 0.2) is 6.29 Å². The SMILES string of the molecule is CC[C@@H](COC(=O)NCCCCCCCCO[C@@H]1O[C@H](CO)[C@H](O)[C@H](O)[C@H]1NC(C)=O)OP(=O)(O)OC. The molecule has 1 aliphatic rings. The third kappa shape index (κ3) is 13.3. The van der Waals surface area contributed by atoms with E-state index >= 15 is 0 Å². The van der Waals surface area contributed by atoms with Crippen molar-refractivity contribution in [1.29, 1.82) is 0 Å². The van der Waals surface area contributed by atoms with Gasteiger partial charge in [0.05, 0.1) is 6.61 Å². The van der Waals surface area contributed by atoms with Gasteiger partial charge in [-0.15, -0.1) is 0 Å². The second-order valence-corrected chi connectivity index (χ2v) is 10.3. The molecule has 1 heterocycles. The van der Waals surface area contributed by atoms with Gasteiger partial charge in [0, 0.05) is 27.2 Å². The predicted octanol–water partition coefficient (Wildman–Crippen LogP) is 0.556. The van der Waals surface area contributed by atoms with Crippen LogP contribution in [-0.2, 0) is 32.6 Å². The highest BCUT2D eigenvalue weighted by Crippen LogP contribution is 2.43. The highest BCUT2D eigenvalue weighted by atomic mass is 31.2. The molecular formula is C22H43N2O12P. The molecule has 6 N–H and O–H groups in total. The molecule has 1 unspecified atom stereocenters. The lowest BCUT2D eigenvalue weighted by Gasteiger charge is -2.42. The van der Waals surface area contributed by atoms with Gasteiger partial charge in [-0.25, -0.2) is 9.36 Å². The summed E-state index contributed by atoms with van der Waals surface area (Å²) in [5.41, 5.74) is 0. The number of carbonyl (C=O) groups excluding carboxylic acids is 2. The van der Waals surface area contributed by atoms with Crippen LogP contribution in [0.4, 0.5) is 4.79 Å². The van der Waals surface area contributed by atoms with Crippen molar-refractivity contribution in [3.63, 3.8) is 0 Å². The van der Waals surface area contributed by atoms with Crippen LogP contribution in [0, 0.1) is 0 Å². The maximum Gasteiger partial charge on any atom is 0.472 e. The zero-order valence-corrected chi connectivity index (χ0v) is 22.6. The minimum absolute atomic E-state index is 0.171. The molecule has 0 spiro atoms. The number of alkyl carbamates (subject to hydrolysis) is 1. The van der Waals surface area contributed by atoms with E-state index in [0.717, 1.165) is 39.2 Å². The number of carbonyl (C=O) groups is 2. The topological polar surface area (TPSA) is 202 Å². The molecule has 1 saturated heterocycles. The van der Waals surface area contributed by atoms with E-state index in [1.54, 1.807) is 6.92 Å². The number of ether oxygens (including phenoxy) is 3. The van der Waals surface area contributed by atoms with E-state index in [2.05, 4.69) is 15.2 Å². The van der Waals surface area contributed by atoms with Crippen LogP contribution in [0.3, 0.4) is 0 Å². The van der Waals surface area contributed by atoms with Crippen molar-refractivity contribution in [2.75, 3.05) is 33.5 Å². The summed E-state index contributed by atoms with van der Waals surface area (Å²) < 4.78 is 36.8. The van der Waals surface area contributed by atoms with E-state index in [-0.39, 0.29) is 6.61 Å². The van der Waals surface area contributed by atoms with E-state index in [4.69, 9.17) is 18.7 Å². The molecule has 2 amide bonds. The molecule has 0 aromatic heterocycles. The monoisotopic (exact) mass is 558 g/mol. The van der Waals surface area contributed by atoms with Gasteiger partial charge in [0.2, 0.25) is 5.91 Å². The van der Waals surface area contributed by atoms with Crippen molar-refractivity contribution >= 4 is 19.8 Å². The summed E-state index contributed by atoms with van der Waals surface area (Å²) >= 11 is 0. The van der Waals surface area contributed by atoms with Crippen LogP contribution in [0.2, 0.25) is 0 Å². The Bertz CT molecular complexity index is 715. The summed E-state index contributed by atoms with van der Waals surface area (Å²) in [6.45, 7) is 3.09. The predicted molar refractivity (Wildman–Crippen MR) is 130 cm³/mol. The van der Waals surface area contributed by atoms with Gasteiger partial charge in [0.25, 0.3) is 0 Å². The average Bonchev–Trinajstić information content (AvgIpc) is 2.86. The van der Waals surface area contributed by atoms with Crippen molar-refractivity contribution in [3.05, 3.63) is 0 Å². The largest absolute Gasteiger partial charge is 0.472 e. The number of aliphatic hydroxyl groups is 3. The van der Waals surface area contributed by atoms with Crippen molar-refractivity contribution in [1.82, 2.24) is 10.6 Å². The molecule has 218 valence electrons. The van der Waals surface area contributed by atoms with Gasteiger partial charge >= 0.3 is 13.9 Å². The fourth-order valence-electron chi connectivity index (χ4n) is 3.61. The Labute approximate surface area is 217 Å². The summed E-state index contributed by atoms with van der Waals surface area (Å²) in [5, 5.41) is 34.7. The molecule has 0 aromatic carbocycles. The standard InChI is InChI=1S/C22H43N2O12P/c1-4-16(36-37(30,31)32-3)14-34-22(29)23-11-9-7-5-6-8-10-12-33-21-18(24-15(2)26)20(28)19(27)17(13-25)35-21/h16-21,25,27-28H,4-14H2,1-3H3,(H,23,29)(H,24,26)(H,30,31)/t16-,17+,18+,19-,20+,21+/m0/s1. The Hall–Kier alpha value is -1.35. The fourth-order valence-corrected chi connectivity index (χ4v) is 4.28. The lowest BCUT2D eigenvalue weighted by molar-refractivity contribution is -0.270. The van der Waals surface area contributed by atoms with Crippen molar-refractivity contribution < 1.29 is 57.6 Å². The van der Waals surface area contributed by atoms with E-state index in [9.17, 15) is 34.4 Å². The van der Waals surface area contributed by atoms with Crippen LogP contribution in [0.5, 0.6) is 0 Å². The Morgan fingerprint density at radius 2 is 1.73 bits per heavy atom. The second-order valence-electron chi connectivity index (χ2n) is 8.74. The molecule has 37 heavy (non-hydrogen) atoms. The Morgan fingerprint density at radius 1 is 1.08 bits per heavy atom. The minimum atomic E-state index is -4.14. The van der Waals surface area contributed by atoms with Crippen LogP contribution < -0.4 is 10.6 Å². The number of nitrogens with one attached hydrogen (secondary N) is 2. The quantitative estimate of drug-likeness (QED) is 0.101. The highest BCUT2D eigenvalue weighted by molar-refractivity contribution is 7.47. The summed E-state index contributed by atoms with van der Waals surface area (Å²) in [6, 6.07) is -0.948. The number of hydrogen-bond acceptors (Lipinski definition) is 11. The number of aliphatic hydroxyl groups excluding tert-OH is 3. The molecule has 0 aliphatic carbocycles. The molecule has 0 saturated carbocycles. The number of rotatable bonds is 18. The average molecular weight is 559 g/mol. The van der Waals surface area contributed by atoms with Gasteiger partial charge in [-0.05, 0) is 19.3 Å². The van der Waals surface area contributed by atoms with Crippen molar-refractivity contribution in [2.45, 2.75) is 95.5 Å². The first-order chi connectivity index (χ1) is 17.5. The smallest absolute Gasteiger partial charge is 0.447 e. The number of phosphoric ester groups is 1. The zero-order valence-electron chi connectivity index (χ0n) is 21.7. The summed E-state index contributed by atoms with van der Waals surface area (Å²) in [4.78, 5) is 32.5. The molecule has 0 bridgehead atoms. The Kier molecular flexibility index (Phi) is 16.4. The molecule has 0 aromatic rings. The highest BCUT2D eigenvalue weighted by Gasteiger charge is 2.45. The molecule has 7 atom stereocenters. The molecule has 1 aliphatic heterocycles. The summed E-state index contributed by atoms with van der Waals surface area (Å²) in [7, 11) is -3.09. The number of amides is 2. The molecule has 1 fully saturated rings. The third-order valence-corrected chi connectivity index (χ3v) is 6.77. The van der Waals surface area contributed by atoms with Crippen LogP contribution in [0.25, 0.3) is 0 Å². The van der Waals surface area contributed by atoms with Gasteiger partial charge in [-0.3, -0.25) is 13.8 Å². The van der Waals surface area contributed by atoms with Gasteiger partial charge < -0.3 is 45.1 Å². The maximum atomic E-state index is 11.8. The maximum absolute atomic E-state index is 11.8. The van der Waals surface area contributed by atoms with E-state index in [1.807, 2.05) is 0 Å². The first kappa shape index (κ1) is 33.7.